The summed E-state index contributed by atoms with van der Waals surface area (Å²) in [7, 11) is 0. The Bertz CT molecular complexity index is 409. The predicted octanol–water partition coefficient (Wildman–Crippen LogP) is 2.78. The molecular formula is C12H16F4N2O. The minimum absolute atomic E-state index is 0.00255. The van der Waals surface area contributed by atoms with Gasteiger partial charge >= 0.3 is 6.18 Å². The fourth-order valence-corrected chi connectivity index (χ4v) is 1.61. The predicted molar refractivity (Wildman–Crippen MR) is 62.6 cm³/mol. The van der Waals surface area contributed by atoms with Gasteiger partial charge in [-0.15, -0.1) is 0 Å². The van der Waals surface area contributed by atoms with Crippen LogP contribution in [0.4, 0.5) is 17.6 Å². The zero-order valence-corrected chi connectivity index (χ0v) is 10.4. The molecule has 0 aromatic heterocycles. The maximum Gasteiger partial charge on any atom is 0.419 e. The molecule has 1 aromatic carbocycles. The lowest BCUT2D eigenvalue weighted by atomic mass is 10.0. The summed E-state index contributed by atoms with van der Waals surface area (Å²) in [6.07, 6.45) is -3.98. The van der Waals surface area contributed by atoms with E-state index in [0.717, 1.165) is 12.5 Å². The number of rotatable bonds is 6. The Labute approximate surface area is 108 Å². The van der Waals surface area contributed by atoms with E-state index in [2.05, 4.69) is 5.43 Å². The molecule has 1 aromatic rings. The number of hydrogen-bond donors (Lipinski definition) is 2. The Morgan fingerprint density at radius 2 is 2.05 bits per heavy atom. The van der Waals surface area contributed by atoms with E-state index in [1.54, 1.807) is 0 Å². The van der Waals surface area contributed by atoms with Gasteiger partial charge in [-0.2, -0.15) is 13.2 Å². The molecule has 1 rings (SSSR count). The van der Waals surface area contributed by atoms with Crippen LogP contribution in [0.25, 0.3) is 0 Å². The van der Waals surface area contributed by atoms with E-state index in [4.69, 9.17) is 10.6 Å². The maximum atomic E-state index is 13.8. The van der Waals surface area contributed by atoms with Gasteiger partial charge < -0.3 is 4.74 Å². The van der Waals surface area contributed by atoms with E-state index in [9.17, 15) is 17.6 Å². The molecule has 19 heavy (non-hydrogen) atoms. The van der Waals surface area contributed by atoms with Crippen molar-refractivity contribution < 1.29 is 22.3 Å². The van der Waals surface area contributed by atoms with Crippen LogP contribution in [0, 0.1) is 5.82 Å². The Kier molecular flexibility index (Phi) is 5.71. The highest BCUT2D eigenvalue weighted by Gasteiger charge is 2.35. The van der Waals surface area contributed by atoms with Gasteiger partial charge in [0.15, 0.2) is 0 Å². The minimum Gasteiger partial charge on any atom is -0.379 e. The SMILES string of the molecule is CCCOCC(NN)c1cccc(C(F)(F)F)c1F. The Balaban J connectivity index is 2.98. The summed E-state index contributed by atoms with van der Waals surface area (Å²) in [5, 5.41) is 0. The highest BCUT2D eigenvalue weighted by atomic mass is 19.4. The van der Waals surface area contributed by atoms with E-state index >= 15 is 0 Å². The van der Waals surface area contributed by atoms with Crippen molar-refractivity contribution in [3.8, 4) is 0 Å². The molecule has 7 heteroatoms. The van der Waals surface area contributed by atoms with Gasteiger partial charge in [0.1, 0.15) is 5.82 Å². The lowest BCUT2D eigenvalue weighted by Crippen LogP contribution is -2.32. The first-order chi connectivity index (χ1) is 8.91. The van der Waals surface area contributed by atoms with E-state index in [-0.39, 0.29) is 12.2 Å². The first-order valence-corrected chi connectivity index (χ1v) is 5.81. The number of nitrogens with two attached hydrogens (primary N) is 1. The standard InChI is InChI=1S/C12H16F4N2O/c1-2-6-19-7-10(18-17)8-4-3-5-9(11(8)13)12(14,15)16/h3-5,10,18H,2,6-7,17H2,1H3. The quantitative estimate of drug-likeness (QED) is 0.364. The van der Waals surface area contributed by atoms with Crippen LogP contribution in [0.2, 0.25) is 0 Å². The summed E-state index contributed by atoms with van der Waals surface area (Å²) >= 11 is 0. The first-order valence-electron chi connectivity index (χ1n) is 5.81. The third-order valence-electron chi connectivity index (χ3n) is 2.54. The summed E-state index contributed by atoms with van der Waals surface area (Å²) in [6.45, 7) is 2.32. The van der Waals surface area contributed by atoms with Gasteiger partial charge in [-0.25, -0.2) is 4.39 Å². The van der Waals surface area contributed by atoms with Crippen molar-refractivity contribution in [2.75, 3.05) is 13.2 Å². The number of hydrazine groups is 1. The number of halogens is 4. The zero-order chi connectivity index (χ0) is 14.5. The van der Waals surface area contributed by atoms with Crippen molar-refractivity contribution in [2.45, 2.75) is 25.6 Å². The van der Waals surface area contributed by atoms with Crippen molar-refractivity contribution in [3.05, 3.63) is 35.1 Å². The smallest absolute Gasteiger partial charge is 0.379 e. The molecule has 0 aliphatic heterocycles. The molecule has 0 fully saturated rings. The number of nitrogens with one attached hydrogen (secondary N) is 1. The van der Waals surface area contributed by atoms with Gasteiger partial charge in [0, 0.05) is 12.2 Å². The van der Waals surface area contributed by atoms with Crippen LogP contribution in [0.5, 0.6) is 0 Å². The van der Waals surface area contributed by atoms with Crippen molar-refractivity contribution in [3.63, 3.8) is 0 Å². The molecule has 1 unspecified atom stereocenters. The zero-order valence-electron chi connectivity index (χ0n) is 10.4. The number of alkyl halides is 3. The maximum absolute atomic E-state index is 13.8. The average molecular weight is 280 g/mol. The van der Waals surface area contributed by atoms with Crippen molar-refractivity contribution in [2.24, 2.45) is 5.84 Å². The van der Waals surface area contributed by atoms with Gasteiger partial charge in [-0.3, -0.25) is 11.3 Å². The van der Waals surface area contributed by atoms with Gasteiger partial charge in [0.05, 0.1) is 18.2 Å². The summed E-state index contributed by atoms with van der Waals surface area (Å²) < 4.78 is 56.8. The normalized spacial score (nSPS) is 13.6. The molecule has 0 aliphatic carbocycles. The molecule has 0 saturated heterocycles. The van der Waals surface area contributed by atoms with Crippen LogP contribution in [0.15, 0.2) is 18.2 Å². The van der Waals surface area contributed by atoms with Crippen LogP contribution in [0.3, 0.4) is 0 Å². The van der Waals surface area contributed by atoms with Gasteiger partial charge in [0.25, 0.3) is 0 Å². The molecule has 0 saturated carbocycles. The van der Waals surface area contributed by atoms with E-state index in [1.807, 2.05) is 6.92 Å². The van der Waals surface area contributed by atoms with Gasteiger partial charge in [-0.05, 0) is 12.5 Å². The molecule has 108 valence electrons. The number of hydrogen-bond acceptors (Lipinski definition) is 3. The van der Waals surface area contributed by atoms with Crippen LogP contribution in [0.1, 0.15) is 30.5 Å². The summed E-state index contributed by atoms with van der Waals surface area (Å²) in [5.41, 5.74) is 0.801. The number of benzene rings is 1. The summed E-state index contributed by atoms with van der Waals surface area (Å²) in [5.74, 6) is 3.92. The molecule has 0 bridgehead atoms. The largest absolute Gasteiger partial charge is 0.419 e. The average Bonchev–Trinajstić information content (AvgIpc) is 2.34. The molecule has 3 N–H and O–H groups in total. The molecule has 0 amide bonds. The molecule has 0 heterocycles. The topological polar surface area (TPSA) is 47.3 Å². The monoisotopic (exact) mass is 280 g/mol. The third kappa shape index (κ3) is 4.15. The van der Waals surface area contributed by atoms with E-state index < -0.39 is 23.6 Å². The molecular weight excluding hydrogens is 264 g/mol. The minimum atomic E-state index is -4.73. The van der Waals surface area contributed by atoms with E-state index in [0.29, 0.717) is 12.7 Å². The van der Waals surface area contributed by atoms with E-state index in [1.165, 1.54) is 6.07 Å². The van der Waals surface area contributed by atoms with Crippen molar-refractivity contribution in [1.29, 1.82) is 0 Å². The highest BCUT2D eigenvalue weighted by molar-refractivity contribution is 5.30. The molecule has 3 nitrogen and oxygen atoms in total. The Morgan fingerprint density at radius 1 is 1.37 bits per heavy atom. The van der Waals surface area contributed by atoms with Crippen LogP contribution >= 0.6 is 0 Å². The molecule has 0 radical (unpaired) electrons. The molecule has 0 aliphatic rings. The highest BCUT2D eigenvalue weighted by Crippen LogP contribution is 2.33. The molecule has 0 spiro atoms. The lowest BCUT2D eigenvalue weighted by Gasteiger charge is -2.19. The van der Waals surface area contributed by atoms with Gasteiger partial charge in [-0.1, -0.05) is 19.1 Å². The fourth-order valence-electron chi connectivity index (χ4n) is 1.61. The summed E-state index contributed by atoms with van der Waals surface area (Å²) in [6, 6.07) is 2.27. The Morgan fingerprint density at radius 3 is 2.58 bits per heavy atom. The van der Waals surface area contributed by atoms with Crippen LogP contribution < -0.4 is 11.3 Å². The second-order valence-corrected chi connectivity index (χ2v) is 4.00. The fraction of sp³-hybridized carbons (Fsp3) is 0.500. The first kappa shape index (κ1) is 15.9. The van der Waals surface area contributed by atoms with Crippen molar-refractivity contribution >= 4 is 0 Å². The van der Waals surface area contributed by atoms with Gasteiger partial charge in [0.2, 0.25) is 0 Å². The second kappa shape index (κ2) is 6.83. The second-order valence-electron chi connectivity index (χ2n) is 4.00. The molecule has 1 atom stereocenters. The lowest BCUT2D eigenvalue weighted by molar-refractivity contribution is -0.140. The summed E-state index contributed by atoms with van der Waals surface area (Å²) in [4.78, 5) is 0. The van der Waals surface area contributed by atoms with Crippen molar-refractivity contribution in [1.82, 2.24) is 5.43 Å². The Hall–Kier alpha value is -1.18. The van der Waals surface area contributed by atoms with Crippen LogP contribution in [-0.2, 0) is 10.9 Å². The number of ether oxygens (including phenoxy) is 1. The third-order valence-corrected chi connectivity index (χ3v) is 2.54. The van der Waals surface area contributed by atoms with Crippen LogP contribution in [-0.4, -0.2) is 13.2 Å².